The Labute approximate surface area is 130 Å². The highest BCUT2D eigenvalue weighted by Crippen LogP contribution is 2.21. The average Bonchev–Trinajstić information content (AvgIpc) is 2.97. The third-order valence-electron chi connectivity index (χ3n) is 3.72. The molecule has 0 bridgehead atoms. The quantitative estimate of drug-likeness (QED) is 0.710. The van der Waals surface area contributed by atoms with Crippen LogP contribution >= 0.6 is 0 Å². The number of furan rings is 1. The molecular weight excluding hydrogens is 274 g/mol. The van der Waals surface area contributed by atoms with Gasteiger partial charge in [0.2, 0.25) is 0 Å². The van der Waals surface area contributed by atoms with Gasteiger partial charge in [0.1, 0.15) is 5.58 Å². The monoisotopic (exact) mass is 293 g/mol. The maximum absolute atomic E-state index is 12.8. The number of fused-ring (bicyclic) bond motifs is 1. The Balaban J connectivity index is 1.89. The standard InChI is InChI=1S/C19H19NO2/c1-14(2)20(13-15-8-4-3-5-9-15)19(21)18-12-16-10-6-7-11-17(16)22-18/h3-12,14H,13H2,1-2H3. The van der Waals surface area contributed by atoms with Crippen LogP contribution in [-0.2, 0) is 6.54 Å². The molecule has 3 nitrogen and oxygen atoms in total. The van der Waals surface area contributed by atoms with Gasteiger partial charge in [-0.15, -0.1) is 0 Å². The molecule has 0 saturated carbocycles. The van der Waals surface area contributed by atoms with E-state index in [-0.39, 0.29) is 11.9 Å². The van der Waals surface area contributed by atoms with Gasteiger partial charge in [-0.05, 0) is 31.5 Å². The van der Waals surface area contributed by atoms with Gasteiger partial charge >= 0.3 is 0 Å². The molecule has 1 aromatic heterocycles. The van der Waals surface area contributed by atoms with Crippen LogP contribution in [0.3, 0.4) is 0 Å². The van der Waals surface area contributed by atoms with Crippen molar-refractivity contribution in [3.05, 3.63) is 72.0 Å². The van der Waals surface area contributed by atoms with Gasteiger partial charge in [0.05, 0.1) is 0 Å². The lowest BCUT2D eigenvalue weighted by atomic mass is 10.1. The first kappa shape index (κ1) is 14.4. The summed E-state index contributed by atoms with van der Waals surface area (Å²) in [6, 6.07) is 19.6. The molecule has 1 amide bonds. The minimum absolute atomic E-state index is 0.0740. The third-order valence-corrected chi connectivity index (χ3v) is 3.72. The van der Waals surface area contributed by atoms with Crippen LogP contribution in [0.2, 0.25) is 0 Å². The van der Waals surface area contributed by atoms with Gasteiger partial charge in [0.25, 0.3) is 5.91 Å². The summed E-state index contributed by atoms with van der Waals surface area (Å²) in [7, 11) is 0. The molecule has 1 heterocycles. The van der Waals surface area contributed by atoms with Gasteiger partial charge in [-0.25, -0.2) is 0 Å². The molecule has 0 N–H and O–H groups in total. The first-order chi connectivity index (χ1) is 10.6. The minimum Gasteiger partial charge on any atom is -0.451 e. The number of amides is 1. The van der Waals surface area contributed by atoms with Crippen LogP contribution in [0, 0.1) is 0 Å². The van der Waals surface area contributed by atoms with Crippen LogP contribution in [0.4, 0.5) is 0 Å². The highest BCUT2D eigenvalue weighted by Gasteiger charge is 2.22. The van der Waals surface area contributed by atoms with Crippen molar-refractivity contribution >= 4 is 16.9 Å². The van der Waals surface area contributed by atoms with Crippen molar-refractivity contribution < 1.29 is 9.21 Å². The fraction of sp³-hybridized carbons (Fsp3) is 0.211. The van der Waals surface area contributed by atoms with Crippen molar-refractivity contribution in [3.8, 4) is 0 Å². The van der Waals surface area contributed by atoms with Crippen molar-refractivity contribution in [1.29, 1.82) is 0 Å². The Morgan fingerprint density at radius 3 is 2.41 bits per heavy atom. The zero-order chi connectivity index (χ0) is 15.5. The highest BCUT2D eigenvalue weighted by molar-refractivity contribution is 5.96. The lowest BCUT2D eigenvalue weighted by Gasteiger charge is -2.26. The number of hydrogen-bond donors (Lipinski definition) is 0. The van der Waals surface area contributed by atoms with Crippen LogP contribution in [0.1, 0.15) is 30.0 Å². The molecular formula is C19H19NO2. The van der Waals surface area contributed by atoms with Gasteiger partial charge in [-0.3, -0.25) is 4.79 Å². The average molecular weight is 293 g/mol. The lowest BCUT2D eigenvalue weighted by molar-refractivity contribution is 0.0660. The molecule has 0 atom stereocenters. The summed E-state index contributed by atoms with van der Waals surface area (Å²) in [5.41, 5.74) is 1.86. The molecule has 0 aliphatic rings. The van der Waals surface area contributed by atoms with Crippen LogP contribution in [-0.4, -0.2) is 16.8 Å². The highest BCUT2D eigenvalue weighted by atomic mass is 16.3. The third kappa shape index (κ3) is 2.89. The Kier molecular flexibility index (Phi) is 3.96. The van der Waals surface area contributed by atoms with Crippen molar-refractivity contribution in [2.75, 3.05) is 0 Å². The summed E-state index contributed by atoms with van der Waals surface area (Å²) in [6.07, 6.45) is 0. The molecule has 0 unspecified atom stereocenters. The number of carbonyl (C=O) groups excluding carboxylic acids is 1. The van der Waals surface area contributed by atoms with Gasteiger partial charge in [0, 0.05) is 18.0 Å². The van der Waals surface area contributed by atoms with E-state index >= 15 is 0 Å². The normalized spacial score (nSPS) is 11.0. The zero-order valence-electron chi connectivity index (χ0n) is 12.8. The van der Waals surface area contributed by atoms with E-state index in [1.807, 2.05) is 79.4 Å². The van der Waals surface area contributed by atoms with Crippen LogP contribution < -0.4 is 0 Å². The summed E-state index contributed by atoms with van der Waals surface area (Å²) < 4.78 is 5.71. The molecule has 0 saturated heterocycles. The predicted octanol–water partition coefficient (Wildman–Crippen LogP) is 4.48. The van der Waals surface area contributed by atoms with E-state index in [4.69, 9.17) is 4.42 Å². The van der Waals surface area contributed by atoms with Crippen molar-refractivity contribution in [3.63, 3.8) is 0 Å². The first-order valence-electron chi connectivity index (χ1n) is 7.48. The molecule has 3 aromatic rings. The topological polar surface area (TPSA) is 33.5 Å². The molecule has 0 radical (unpaired) electrons. The number of benzene rings is 2. The van der Waals surface area contributed by atoms with Crippen LogP contribution in [0.25, 0.3) is 11.0 Å². The fourth-order valence-corrected chi connectivity index (χ4v) is 2.50. The SMILES string of the molecule is CC(C)N(Cc1ccccc1)C(=O)c1cc2ccccc2o1. The van der Waals surface area contributed by atoms with Crippen molar-refractivity contribution in [2.24, 2.45) is 0 Å². The van der Waals surface area contributed by atoms with E-state index in [0.29, 0.717) is 12.3 Å². The Bertz CT molecular complexity index is 741. The maximum Gasteiger partial charge on any atom is 0.290 e. The maximum atomic E-state index is 12.8. The second kappa shape index (κ2) is 6.06. The second-order valence-corrected chi connectivity index (χ2v) is 5.66. The van der Waals surface area contributed by atoms with Gasteiger partial charge in [0.15, 0.2) is 5.76 Å². The van der Waals surface area contributed by atoms with E-state index in [1.54, 1.807) is 0 Å². The molecule has 0 aliphatic carbocycles. The number of nitrogens with zero attached hydrogens (tertiary/aromatic N) is 1. The summed E-state index contributed by atoms with van der Waals surface area (Å²) in [6.45, 7) is 4.61. The summed E-state index contributed by atoms with van der Waals surface area (Å²) in [4.78, 5) is 14.6. The van der Waals surface area contributed by atoms with Gasteiger partial charge in [-0.1, -0.05) is 48.5 Å². The number of para-hydroxylation sites is 1. The Morgan fingerprint density at radius 2 is 1.73 bits per heavy atom. The molecule has 3 heteroatoms. The number of hydrogen-bond acceptors (Lipinski definition) is 2. The first-order valence-corrected chi connectivity index (χ1v) is 7.48. The minimum atomic E-state index is -0.0740. The molecule has 112 valence electrons. The van der Waals surface area contributed by atoms with Crippen molar-refractivity contribution in [2.45, 2.75) is 26.4 Å². The molecule has 0 aliphatic heterocycles. The predicted molar refractivity (Wildman–Crippen MR) is 87.7 cm³/mol. The molecule has 2 aromatic carbocycles. The van der Waals surface area contributed by atoms with Crippen LogP contribution in [0.5, 0.6) is 0 Å². The fourth-order valence-electron chi connectivity index (χ4n) is 2.50. The molecule has 22 heavy (non-hydrogen) atoms. The van der Waals surface area contributed by atoms with E-state index in [1.165, 1.54) is 0 Å². The second-order valence-electron chi connectivity index (χ2n) is 5.66. The van der Waals surface area contributed by atoms with Crippen molar-refractivity contribution in [1.82, 2.24) is 4.90 Å². The number of rotatable bonds is 4. The molecule has 0 fully saturated rings. The van der Waals surface area contributed by atoms with Gasteiger partial charge in [-0.2, -0.15) is 0 Å². The van der Waals surface area contributed by atoms with E-state index in [2.05, 4.69) is 0 Å². The zero-order valence-corrected chi connectivity index (χ0v) is 12.8. The van der Waals surface area contributed by atoms with Crippen LogP contribution in [0.15, 0.2) is 65.1 Å². The Hall–Kier alpha value is -2.55. The summed E-state index contributed by atoms with van der Waals surface area (Å²) in [5.74, 6) is 0.320. The largest absolute Gasteiger partial charge is 0.451 e. The molecule has 0 spiro atoms. The molecule has 3 rings (SSSR count). The smallest absolute Gasteiger partial charge is 0.290 e. The number of carbonyl (C=O) groups is 1. The van der Waals surface area contributed by atoms with E-state index < -0.39 is 0 Å². The lowest BCUT2D eigenvalue weighted by Crippen LogP contribution is -2.36. The summed E-state index contributed by atoms with van der Waals surface area (Å²) >= 11 is 0. The van der Waals surface area contributed by atoms with E-state index in [0.717, 1.165) is 16.5 Å². The summed E-state index contributed by atoms with van der Waals surface area (Å²) in [5, 5.41) is 0.953. The Morgan fingerprint density at radius 1 is 1.05 bits per heavy atom. The van der Waals surface area contributed by atoms with E-state index in [9.17, 15) is 4.79 Å². The van der Waals surface area contributed by atoms with Gasteiger partial charge < -0.3 is 9.32 Å².